The Morgan fingerprint density at radius 3 is 2.85 bits per heavy atom. The molecule has 0 aliphatic carbocycles. The molecule has 0 unspecified atom stereocenters. The van der Waals surface area contributed by atoms with Crippen molar-refractivity contribution in [3.63, 3.8) is 0 Å². The van der Waals surface area contributed by atoms with Gasteiger partial charge in [-0.15, -0.1) is 0 Å². The molecule has 1 aliphatic heterocycles. The molecule has 1 fully saturated rings. The van der Waals surface area contributed by atoms with Gasteiger partial charge in [0, 0.05) is 25.5 Å². The van der Waals surface area contributed by atoms with Crippen LogP contribution >= 0.6 is 0 Å². The van der Waals surface area contributed by atoms with Crippen LogP contribution in [0.3, 0.4) is 0 Å². The quantitative estimate of drug-likeness (QED) is 0.717. The number of nitrogens with zero attached hydrogens (tertiary/aromatic N) is 3. The minimum Gasteiger partial charge on any atom is -0.461 e. The minimum atomic E-state index is 0.365. The Bertz CT molecular complexity index is 712. The molecule has 20 heavy (non-hydrogen) atoms. The molecule has 5 nitrogen and oxygen atoms in total. The monoisotopic (exact) mass is 269 g/mol. The Balaban J connectivity index is 1.93. The van der Waals surface area contributed by atoms with Gasteiger partial charge in [0.25, 0.3) is 0 Å². The SMILES string of the molecule is c1coc(-c2nc3cccnc3n2C2CCOCC2)c1. The zero-order chi connectivity index (χ0) is 13.4. The standard InChI is InChI=1S/C15H15N3O2/c1-3-12-14(16-7-1)18(11-5-9-19-10-6-11)15(17-12)13-4-2-8-20-13/h1-4,7-8,11H,5-6,9-10H2. The highest BCUT2D eigenvalue weighted by molar-refractivity contribution is 5.76. The minimum absolute atomic E-state index is 0.365. The number of pyridine rings is 1. The molecule has 1 saturated heterocycles. The van der Waals surface area contributed by atoms with Gasteiger partial charge < -0.3 is 13.7 Å². The predicted octanol–water partition coefficient (Wildman–Crippen LogP) is 3.04. The summed E-state index contributed by atoms with van der Waals surface area (Å²) in [6.45, 7) is 1.57. The first-order chi connectivity index (χ1) is 9.93. The van der Waals surface area contributed by atoms with E-state index in [1.165, 1.54) is 0 Å². The van der Waals surface area contributed by atoms with E-state index in [1.54, 1.807) is 6.26 Å². The fourth-order valence-corrected chi connectivity index (χ4v) is 2.80. The maximum absolute atomic E-state index is 5.54. The first-order valence-electron chi connectivity index (χ1n) is 6.88. The van der Waals surface area contributed by atoms with E-state index in [-0.39, 0.29) is 0 Å². The molecule has 4 rings (SSSR count). The van der Waals surface area contributed by atoms with E-state index >= 15 is 0 Å². The average molecular weight is 269 g/mol. The third kappa shape index (κ3) is 1.82. The number of furan rings is 1. The zero-order valence-corrected chi connectivity index (χ0v) is 11.0. The Labute approximate surface area is 116 Å². The van der Waals surface area contributed by atoms with Crippen molar-refractivity contribution in [1.82, 2.24) is 14.5 Å². The van der Waals surface area contributed by atoms with Crippen molar-refractivity contribution in [3.8, 4) is 11.6 Å². The van der Waals surface area contributed by atoms with Crippen molar-refractivity contribution in [2.75, 3.05) is 13.2 Å². The Morgan fingerprint density at radius 2 is 2.05 bits per heavy atom. The second-order valence-corrected chi connectivity index (χ2v) is 4.97. The molecule has 1 aliphatic rings. The van der Waals surface area contributed by atoms with Crippen LogP contribution in [0.25, 0.3) is 22.7 Å². The van der Waals surface area contributed by atoms with Crippen LogP contribution in [-0.2, 0) is 4.74 Å². The van der Waals surface area contributed by atoms with Crippen LogP contribution in [0, 0.1) is 0 Å². The van der Waals surface area contributed by atoms with Crippen molar-refractivity contribution in [2.24, 2.45) is 0 Å². The Morgan fingerprint density at radius 1 is 1.15 bits per heavy atom. The van der Waals surface area contributed by atoms with Gasteiger partial charge in [-0.25, -0.2) is 9.97 Å². The molecule has 0 N–H and O–H groups in total. The fourth-order valence-electron chi connectivity index (χ4n) is 2.80. The van der Waals surface area contributed by atoms with Gasteiger partial charge in [-0.1, -0.05) is 0 Å². The molecular formula is C15H15N3O2. The fraction of sp³-hybridized carbons (Fsp3) is 0.333. The Hall–Kier alpha value is -2.14. The number of hydrogen-bond acceptors (Lipinski definition) is 4. The molecule has 0 spiro atoms. The van der Waals surface area contributed by atoms with Gasteiger partial charge in [-0.05, 0) is 37.1 Å². The van der Waals surface area contributed by atoms with Gasteiger partial charge in [0.1, 0.15) is 5.52 Å². The summed E-state index contributed by atoms with van der Waals surface area (Å²) in [7, 11) is 0. The zero-order valence-electron chi connectivity index (χ0n) is 11.0. The highest BCUT2D eigenvalue weighted by atomic mass is 16.5. The first-order valence-corrected chi connectivity index (χ1v) is 6.88. The number of rotatable bonds is 2. The van der Waals surface area contributed by atoms with Gasteiger partial charge in [0.15, 0.2) is 17.2 Å². The van der Waals surface area contributed by atoms with Crippen molar-refractivity contribution < 1.29 is 9.15 Å². The van der Waals surface area contributed by atoms with Crippen LogP contribution < -0.4 is 0 Å². The number of hydrogen-bond donors (Lipinski definition) is 0. The molecule has 0 amide bonds. The van der Waals surface area contributed by atoms with E-state index in [0.717, 1.165) is 48.8 Å². The van der Waals surface area contributed by atoms with Crippen LogP contribution in [-0.4, -0.2) is 27.7 Å². The molecule has 3 aromatic rings. The predicted molar refractivity (Wildman–Crippen MR) is 74.3 cm³/mol. The summed E-state index contributed by atoms with van der Waals surface area (Å²) in [5, 5.41) is 0. The van der Waals surface area contributed by atoms with Crippen molar-refractivity contribution >= 4 is 11.2 Å². The maximum atomic E-state index is 5.54. The molecule has 102 valence electrons. The van der Waals surface area contributed by atoms with Crippen LogP contribution in [0.2, 0.25) is 0 Å². The summed E-state index contributed by atoms with van der Waals surface area (Å²) in [6, 6.07) is 8.09. The molecule has 4 heterocycles. The third-order valence-electron chi connectivity index (χ3n) is 3.75. The largest absolute Gasteiger partial charge is 0.461 e. The van der Waals surface area contributed by atoms with Crippen LogP contribution in [0.15, 0.2) is 41.1 Å². The molecule has 0 aromatic carbocycles. The smallest absolute Gasteiger partial charge is 0.178 e. The second kappa shape index (κ2) is 4.76. The van der Waals surface area contributed by atoms with Gasteiger partial charge in [-0.3, -0.25) is 0 Å². The normalized spacial score (nSPS) is 16.8. The summed E-state index contributed by atoms with van der Waals surface area (Å²) in [6.07, 6.45) is 5.45. The number of imidazole rings is 1. The maximum Gasteiger partial charge on any atom is 0.178 e. The number of fused-ring (bicyclic) bond motifs is 1. The van der Waals surface area contributed by atoms with Gasteiger partial charge >= 0.3 is 0 Å². The summed E-state index contributed by atoms with van der Waals surface area (Å²) in [5.74, 6) is 1.64. The van der Waals surface area contributed by atoms with Crippen molar-refractivity contribution in [3.05, 3.63) is 36.7 Å². The highest BCUT2D eigenvalue weighted by Gasteiger charge is 2.24. The molecule has 0 saturated carbocycles. The van der Waals surface area contributed by atoms with E-state index in [9.17, 15) is 0 Å². The van der Waals surface area contributed by atoms with Crippen LogP contribution in [0.5, 0.6) is 0 Å². The topological polar surface area (TPSA) is 53.1 Å². The molecule has 0 bridgehead atoms. The van der Waals surface area contributed by atoms with Crippen LogP contribution in [0.4, 0.5) is 0 Å². The highest BCUT2D eigenvalue weighted by Crippen LogP contribution is 2.31. The van der Waals surface area contributed by atoms with E-state index in [0.29, 0.717) is 6.04 Å². The van der Waals surface area contributed by atoms with Gasteiger partial charge in [-0.2, -0.15) is 0 Å². The summed E-state index contributed by atoms with van der Waals surface area (Å²) in [5.41, 5.74) is 1.83. The molecule has 0 atom stereocenters. The van der Waals surface area contributed by atoms with Gasteiger partial charge in [0.2, 0.25) is 0 Å². The number of aromatic nitrogens is 3. The lowest BCUT2D eigenvalue weighted by atomic mass is 10.1. The summed E-state index contributed by atoms with van der Waals surface area (Å²) >= 11 is 0. The molecule has 0 radical (unpaired) electrons. The van der Waals surface area contributed by atoms with Crippen LogP contribution in [0.1, 0.15) is 18.9 Å². The molecule has 5 heteroatoms. The van der Waals surface area contributed by atoms with E-state index < -0.39 is 0 Å². The second-order valence-electron chi connectivity index (χ2n) is 4.97. The van der Waals surface area contributed by atoms with Crippen molar-refractivity contribution in [2.45, 2.75) is 18.9 Å². The lowest BCUT2D eigenvalue weighted by Gasteiger charge is -2.24. The molecule has 3 aromatic heterocycles. The van der Waals surface area contributed by atoms with E-state index in [1.807, 2.05) is 30.5 Å². The summed E-state index contributed by atoms with van der Waals surface area (Å²) < 4.78 is 13.2. The average Bonchev–Trinajstić information content (AvgIpc) is 3.15. The van der Waals surface area contributed by atoms with E-state index in [2.05, 4.69) is 9.55 Å². The third-order valence-corrected chi connectivity index (χ3v) is 3.75. The van der Waals surface area contributed by atoms with Crippen molar-refractivity contribution in [1.29, 1.82) is 0 Å². The van der Waals surface area contributed by atoms with Gasteiger partial charge in [0.05, 0.1) is 6.26 Å². The lowest BCUT2D eigenvalue weighted by Crippen LogP contribution is -2.20. The summed E-state index contributed by atoms with van der Waals surface area (Å²) in [4.78, 5) is 9.20. The Kier molecular flexibility index (Phi) is 2.77. The number of ether oxygens (including phenoxy) is 1. The van der Waals surface area contributed by atoms with E-state index in [4.69, 9.17) is 14.1 Å². The first kappa shape index (κ1) is 11.7. The lowest BCUT2D eigenvalue weighted by molar-refractivity contribution is 0.0708. The molecular weight excluding hydrogens is 254 g/mol.